The van der Waals surface area contributed by atoms with Crippen molar-refractivity contribution in [1.82, 2.24) is 9.78 Å². The molecule has 2 rings (SSSR count). The Balaban J connectivity index is 2.36. The van der Waals surface area contributed by atoms with Crippen molar-refractivity contribution in [1.29, 1.82) is 0 Å². The first-order valence-corrected chi connectivity index (χ1v) is 3.94. The summed E-state index contributed by atoms with van der Waals surface area (Å²) in [6.07, 6.45) is -2.07. The summed E-state index contributed by atoms with van der Waals surface area (Å²) in [5.74, 6) is 0.142. The fraction of sp³-hybridized carbons (Fsp3) is 0.125. The molecule has 15 heavy (non-hydrogen) atoms. The van der Waals surface area contributed by atoms with Crippen LogP contribution in [0.2, 0.25) is 0 Å². The Morgan fingerprint density at radius 1 is 1.40 bits per heavy atom. The molecule has 4 nitrogen and oxygen atoms in total. The number of nitrogens with zero attached hydrogens (tertiary/aromatic N) is 2. The van der Waals surface area contributed by atoms with Gasteiger partial charge in [-0.1, -0.05) is 0 Å². The topological polar surface area (TPSA) is 57.0 Å². The molecule has 80 valence electrons. The maximum atomic E-state index is 12.2. The highest BCUT2D eigenvalue weighted by Gasteiger charge is 2.33. The van der Waals surface area contributed by atoms with E-state index >= 15 is 0 Å². The molecule has 2 heterocycles. The van der Waals surface area contributed by atoms with Gasteiger partial charge in [-0.3, -0.25) is 0 Å². The zero-order valence-electron chi connectivity index (χ0n) is 7.32. The number of halogens is 3. The van der Waals surface area contributed by atoms with Crippen molar-refractivity contribution in [3.05, 3.63) is 30.3 Å². The zero-order chi connectivity index (χ0) is 11.1. The lowest BCUT2D eigenvalue weighted by molar-refractivity contribution is -0.141. The summed E-state index contributed by atoms with van der Waals surface area (Å²) in [5.41, 5.74) is 4.70. The van der Waals surface area contributed by atoms with Gasteiger partial charge in [0, 0.05) is 12.3 Å². The number of hydrogen-bond acceptors (Lipinski definition) is 3. The first-order chi connectivity index (χ1) is 6.97. The zero-order valence-corrected chi connectivity index (χ0v) is 7.32. The van der Waals surface area contributed by atoms with Crippen molar-refractivity contribution in [2.75, 3.05) is 5.73 Å². The van der Waals surface area contributed by atoms with Crippen LogP contribution in [0.4, 0.5) is 18.9 Å². The summed E-state index contributed by atoms with van der Waals surface area (Å²) < 4.78 is 42.4. The maximum Gasteiger partial charge on any atom is 0.435 e. The molecule has 0 atom stereocenters. The first kappa shape index (κ1) is 9.63. The number of aromatic nitrogens is 2. The predicted octanol–water partition coefficient (Wildman–Crippen LogP) is 2.07. The van der Waals surface area contributed by atoms with E-state index in [9.17, 15) is 13.2 Å². The number of alkyl halides is 3. The normalized spacial score (nSPS) is 11.9. The Morgan fingerprint density at radius 3 is 2.60 bits per heavy atom. The van der Waals surface area contributed by atoms with Gasteiger partial charge in [0.05, 0.1) is 5.69 Å². The van der Waals surface area contributed by atoms with Crippen LogP contribution in [0.25, 0.3) is 5.88 Å². The Labute approximate surface area is 82.1 Å². The van der Waals surface area contributed by atoms with E-state index < -0.39 is 11.9 Å². The molecule has 2 N–H and O–H groups in total. The Bertz CT molecular complexity index is 471. The molecule has 0 unspecified atom stereocenters. The lowest BCUT2D eigenvalue weighted by Gasteiger charge is -2.00. The molecule has 2 aromatic rings. The van der Waals surface area contributed by atoms with Gasteiger partial charge in [-0.15, -0.1) is 0 Å². The quantitative estimate of drug-likeness (QED) is 0.795. The van der Waals surface area contributed by atoms with E-state index in [1.165, 1.54) is 12.3 Å². The second kappa shape index (κ2) is 3.04. The summed E-state index contributed by atoms with van der Waals surface area (Å²) >= 11 is 0. The van der Waals surface area contributed by atoms with Gasteiger partial charge in [0.15, 0.2) is 5.69 Å². The third-order valence-corrected chi connectivity index (χ3v) is 1.71. The third kappa shape index (κ3) is 1.80. The molecule has 0 saturated heterocycles. The van der Waals surface area contributed by atoms with Crippen molar-refractivity contribution in [2.45, 2.75) is 6.18 Å². The second-order valence-corrected chi connectivity index (χ2v) is 2.86. The van der Waals surface area contributed by atoms with Crippen LogP contribution in [-0.4, -0.2) is 9.78 Å². The molecule has 0 fully saturated rings. The fourth-order valence-corrected chi connectivity index (χ4v) is 1.06. The van der Waals surface area contributed by atoms with Gasteiger partial charge in [0.1, 0.15) is 6.26 Å². The van der Waals surface area contributed by atoms with Gasteiger partial charge in [0.25, 0.3) is 0 Å². The van der Waals surface area contributed by atoms with Crippen LogP contribution < -0.4 is 5.73 Å². The second-order valence-electron chi connectivity index (χ2n) is 2.86. The number of hydrogen-bond donors (Lipinski definition) is 1. The van der Waals surface area contributed by atoms with Gasteiger partial charge < -0.3 is 10.2 Å². The monoisotopic (exact) mass is 217 g/mol. The van der Waals surface area contributed by atoms with E-state index in [1.54, 1.807) is 0 Å². The molecule has 7 heteroatoms. The minimum Gasteiger partial charge on any atom is -0.444 e. The molecular formula is C8H6F3N3O. The van der Waals surface area contributed by atoms with E-state index in [0.717, 1.165) is 16.9 Å². The highest BCUT2D eigenvalue weighted by atomic mass is 19.4. The molecule has 0 aromatic carbocycles. The van der Waals surface area contributed by atoms with Gasteiger partial charge in [0.2, 0.25) is 5.88 Å². The average molecular weight is 217 g/mol. The van der Waals surface area contributed by atoms with Crippen LogP contribution in [-0.2, 0) is 6.18 Å². The molecule has 0 aliphatic heterocycles. The number of anilines is 1. The smallest absolute Gasteiger partial charge is 0.435 e. The van der Waals surface area contributed by atoms with Crippen molar-refractivity contribution < 1.29 is 17.6 Å². The van der Waals surface area contributed by atoms with Crippen LogP contribution in [0.3, 0.4) is 0 Å². The van der Waals surface area contributed by atoms with E-state index in [2.05, 4.69) is 5.10 Å². The minimum atomic E-state index is -4.45. The van der Waals surface area contributed by atoms with Crippen molar-refractivity contribution in [3.63, 3.8) is 0 Å². The highest BCUT2D eigenvalue weighted by molar-refractivity contribution is 5.40. The average Bonchev–Trinajstić information content (AvgIpc) is 2.69. The third-order valence-electron chi connectivity index (χ3n) is 1.71. The van der Waals surface area contributed by atoms with Crippen molar-refractivity contribution in [2.24, 2.45) is 0 Å². The molecular weight excluding hydrogens is 211 g/mol. The van der Waals surface area contributed by atoms with Crippen LogP contribution in [0.15, 0.2) is 29.0 Å². The first-order valence-electron chi connectivity index (χ1n) is 3.94. The fourth-order valence-electron chi connectivity index (χ4n) is 1.06. The molecule has 0 spiro atoms. The Hall–Kier alpha value is -1.92. The summed E-state index contributed by atoms with van der Waals surface area (Å²) in [7, 11) is 0. The van der Waals surface area contributed by atoms with Crippen LogP contribution in [0.1, 0.15) is 5.69 Å². The van der Waals surface area contributed by atoms with Crippen LogP contribution in [0, 0.1) is 0 Å². The van der Waals surface area contributed by atoms with E-state index in [-0.39, 0.29) is 5.88 Å². The molecule has 2 aromatic heterocycles. The summed E-state index contributed by atoms with van der Waals surface area (Å²) in [4.78, 5) is 0. The lowest BCUT2D eigenvalue weighted by Crippen LogP contribution is -2.06. The largest absolute Gasteiger partial charge is 0.444 e. The van der Waals surface area contributed by atoms with Gasteiger partial charge in [-0.25, -0.2) is 4.68 Å². The molecule has 0 radical (unpaired) electrons. The molecule has 0 saturated carbocycles. The maximum absolute atomic E-state index is 12.2. The Kier molecular flexibility index (Phi) is 1.95. The molecule has 0 bridgehead atoms. The summed E-state index contributed by atoms with van der Waals surface area (Å²) in [6, 6.07) is 2.24. The van der Waals surface area contributed by atoms with Gasteiger partial charge >= 0.3 is 6.18 Å². The number of rotatable bonds is 1. The highest BCUT2D eigenvalue weighted by Crippen LogP contribution is 2.28. The van der Waals surface area contributed by atoms with Gasteiger partial charge in [-0.2, -0.15) is 18.3 Å². The molecule has 0 amide bonds. The predicted molar refractivity (Wildman–Crippen MR) is 45.2 cm³/mol. The SMILES string of the molecule is Nc1coc(-n2ccc(C(F)(F)F)n2)c1. The standard InChI is InChI=1S/C8H6F3N3O/c9-8(10,11)6-1-2-14(13-6)7-3-5(12)4-15-7/h1-4H,12H2. The minimum absolute atomic E-state index is 0.142. The van der Waals surface area contributed by atoms with Crippen molar-refractivity contribution >= 4 is 5.69 Å². The summed E-state index contributed by atoms with van der Waals surface area (Å²) in [5, 5.41) is 3.31. The molecule has 0 aliphatic carbocycles. The number of nitrogen functional groups attached to an aromatic ring is 1. The van der Waals surface area contributed by atoms with E-state index in [1.807, 2.05) is 0 Å². The van der Waals surface area contributed by atoms with Crippen molar-refractivity contribution in [3.8, 4) is 5.88 Å². The number of nitrogens with two attached hydrogens (primary N) is 1. The Morgan fingerprint density at radius 2 is 2.13 bits per heavy atom. The van der Waals surface area contributed by atoms with Gasteiger partial charge in [-0.05, 0) is 6.07 Å². The molecule has 0 aliphatic rings. The van der Waals surface area contributed by atoms with E-state index in [0.29, 0.717) is 5.69 Å². The summed E-state index contributed by atoms with van der Waals surface area (Å²) in [6.45, 7) is 0. The number of furan rings is 1. The lowest BCUT2D eigenvalue weighted by atomic mass is 10.4. The van der Waals surface area contributed by atoms with Crippen LogP contribution in [0.5, 0.6) is 0 Å². The van der Waals surface area contributed by atoms with E-state index in [4.69, 9.17) is 10.2 Å². The van der Waals surface area contributed by atoms with Crippen LogP contribution >= 0.6 is 0 Å².